The first-order chi connectivity index (χ1) is 21.6. The summed E-state index contributed by atoms with van der Waals surface area (Å²) >= 11 is 0. The number of nitrogens with one attached hydrogen (secondary N) is 2. The third-order valence-electron chi connectivity index (χ3n) is 8.19. The van der Waals surface area contributed by atoms with Crippen LogP contribution in [0.1, 0.15) is 34.5 Å². The summed E-state index contributed by atoms with van der Waals surface area (Å²) in [5, 5.41) is 7.38. The Bertz CT molecular complexity index is 2030. The largest absolute Gasteiger partial charge is 0.454 e. The highest BCUT2D eigenvalue weighted by Crippen LogP contribution is 2.35. The number of nitrogens with two attached hydrogens (primary N) is 1. The lowest BCUT2D eigenvalue weighted by molar-refractivity contribution is -0.125. The van der Waals surface area contributed by atoms with E-state index in [1.54, 1.807) is 37.3 Å². The van der Waals surface area contributed by atoms with E-state index in [0.717, 1.165) is 11.0 Å². The van der Waals surface area contributed by atoms with Crippen molar-refractivity contribution in [2.24, 2.45) is 0 Å². The monoisotopic (exact) mass is 612 g/mol. The van der Waals surface area contributed by atoms with Crippen molar-refractivity contribution in [2.45, 2.75) is 25.3 Å². The molecule has 2 fully saturated rings. The molecule has 2 saturated heterocycles. The fraction of sp³-hybridized carbons (Fsp3) is 0.188. The van der Waals surface area contributed by atoms with Gasteiger partial charge in [-0.15, -0.1) is 0 Å². The van der Waals surface area contributed by atoms with Crippen LogP contribution in [-0.4, -0.2) is 51.2 Å². The van der Waals surface area contributed by atoms with Crippen LogP contribution in [0.4, 0.5) is 25.1 Å². The van der Waals surface area contributed by atoms with Crippen LogP contribution in [-0.2, 0) is 9.53 Å². The van der Waals surface area contributed by atoms with Gasteiger partial charge in [-0.05, 0) is 61.0 Å². The van der Waals surface area contributed by atoms with Gasteiger partial charge in [0.15, 0.2) is 11.6 Å². The number of carbonyl (C=O) groups excluding carboxylic acids is 3. The summed E-state index contributed by atoms with van der Waals surface area (Å²) in [6, 6.07) is 14.3. The van der Waals surface area contributed by atoms with Gasteiger partial charge in [0.25, 0.3) is 5.91 Å². The Kier molecular flexibility index (Phi) is 6.62. The Morgan fingerprint density at radius 3 is 2.56 bits per heavy atom. The van der Waals surface area contributed by atoms with Crippen molar-refractivity contribution in [1.82, 2.24) is 20.1 Å². The number of ether oxygens (including phenoxy) is 2. The topological polar surface area (TPSA) is 145 Å². The number of nitrogens with zero attached hydrogens (tertiary/aromatic N) is 3. The summed E-state index contributed by atoms with van der Waals surface area (Å²) in [5.74, 6) is -1.77. The van der Waals surface area contributed by atoms with Gasteiger partial charge >= 0.3 is 6.03 Å². The number of benzene rings is 3. The average Bonchev–Trinajstić information content (AvgIpc) is 3.67. The second-order valence-electron chi connectivity index (χ2n) is 11.0. The number of H-pyrrole nitrogens is 1. The number of ketones is 1. The molecule has 0 aliphatic carbocycles. The van der Waals surface area contributed by atoms with E-state index in [1.807, 2.05) is 0 Å². The summed E-state index contributed by atoms with van der Waals surface area (Å²) < 4.78 is 41.7. The molecule has 11 nitrogen and oxygen atoms in total. The molecule has 0 atom stereocenters. The maximum Gasteiger partial charge on any atom is 0.329 e. The summed E-state index contributed by atoms with van der Waals surface area (Å²) in [7, 11) is 0. The molecule has 2 aliphatic heterocycles. The second-order valence-corrected chi connectivity index (χ2v) is 11.0. The van der Waals surface area contributed by atoms with Crippen LogP contribution >= 0.6 is 0 Å². The van der Waals surface area contributed by atoms with E-state index in [0.29, 0.717) is 54.0 Å². The summed E-state index contributed by atoms with van der Waals surface area (Å²) in [6.45, 7) is 2.40. The lowest BCUT2D eigenvalue weighted by Crippen LogP contribution is -2.51. The van der Waals surface area contributed by atoms with Gasteiger partial charge in [0.2, 0.25) is 5.78 Å². The maximum absolute atomic E-state index is 15.3. The fourth-order valence-electron chi connectivity index (χ4n) is 5.79. The highest BCUT2D eigenvalue weighted by atomic mass is 19.1. The molecule has 2 aliphatic rings. The molecule has 7 rings (SSSR count). The standard InChI is InChI=1S/C32H26F2N6O5/c1-17-12-19(45-27-5-3-2-4-21(27)33)6-7-25(17)40-29(35)20(16-36-40)28(41)24-14-18-13-22(34)26(15-23(18)37-24)39-30(42)32(38-31(39)43)8-10-44-11-9-32/h2-7,12-16,37H,8-11,35H2,1H3,(H,38,43). The molecule has 5 aromatic rings. The number of hydrogen-bond acceptors (Lipinski definition) is 7. The Hall–Kier alpha value is -5.56. The van der Waals surface area contributed by atoms with Crippen molar-refractivity contribution < 1.29 is 32.6 Å². The first-order valence-electron chi connectivity index (χ1n) is 14.1. The minimum atomic E-state index is -1.13. The van der Waals surface area contributed by atoms with Crippen LogP contribution in [0.5, 0.6) is 11.5 Å². The van der Waals surface area contributed by atoms with Crippen molar-refractivity contribution >= 4 is 40.1 Å². The summed E-state index contributed by atoms with van der Waals surface area (Å²) in [5.41, 5.74) is 6.85. The molecule has 1 spiro atoms. The molecule has 3 amide bonds. The van der Waals surface area contributed by atoms with Crippen molar-refractivity contribution in [3.8, 4) is 17.2 Å². The zero-order valence-electron chi connectivity index (χ0n) is 23.9. The molecule has 4 heterocycles. The van der Waals surface area contributed by atoms with Gasteiger partial charge in [-0.25, -0.2) is 23.2 Å². The molecular formula is C32H26F2N6O5. The van der Waals surface area contributed by atoms with Gasteiger partial charge in [0.1, 0.15) is 22.9 Å². The van der Waals surface area contributed by atoms with E-state index in [1.165, 1.54) is 35.1 Å². The van der Waals surface area contributed by atoms with Crippen molar-refractivity contribution in [3.63, 3.8) is 0 Å². The number of fused-ring (bicyclic) bond motifs is 1. The van der Waals surface area contributed by atoms with Gasteiger partial charge in [-0.2, -0.15) is 5.10 Å². The quantitative estimate of drug-likeness (QED) is 0.178. The smallest absolute Gasteiger partial charge is 0.329 e. The van der Waals surface area contributed by atoms with E-state index in [-0.39, 0.29) is 28.5 Å². The zero-order chi connectivity index (χ0) is 31.5. The van der Waals surface area contributed by atoms with Gasteiger partial charge in [-0.1, -0.05) is 12.1 Å². The number of nitrogen functional groups attached to an aromatic ring is 1. The average molecular weight is 613 g/mol. The minimum Gasteiger partial charge on any atom is -0.454 e. The van der Waals surface area contributed by atoms with Crippen LogP contribution < -0.4 is 20.7 Å². The number of urea groups is 1. The molecule has 0 unspecified atom stereocenters. The number of rotatable bonds is 6. The normalized spacial score (nSPS) is 16.0. The molecule has 45 heavy (non-hydrogen) atoms. The van der Waals surface area contributed by atoms with Crippen LogP contribution in [0.25, 0.3) is 16.6 Å². The van der Waals surface area contributed by atoms with E-state index in [2.05, 4.69) is 15.4 Å². The number of halogens is 2. The van der Waals surface area contributed by atoms with Crippen molar-refractivity contribution in [1.29, 1.82) is 0 Å². The Balaban J connectivity index is 1.15. The molecule has 4 N–H and O–H groups in total. The van der Waals surface area contributed by atoms with E-state index < -0.39 is 34.9 Å². The second kappa shape index (κ2) is 10.6. The Morgan fingerprint density at radius 1 is 1.02 bits per heavy atom. The lowest BCUT2D eigenvalue weighted by Gasteiger charge is -2.30. The van der Waals surface area contributed by atoms with Crippen LogP contribution in [0.3, 0.4) is 0 Å². The first-order valence-corrected chi connectivity index (χ1v) is 14.1. The molecule has 2 aromatic heterocycles. The number of aromatic nitrogens is 3. The van der Waals surface area contributed by atoms with Gasteiger partial charge in [0.05, 0.1) is 28.8 Å². The minimum absolute atomic E-state index is 0.0671. The van der Waals surface area contributed by atoms with Crippen LogP contribution in [0.15, 0.2) is 66.9 Å². The van der Waals surface area contributed by atoms with E-state index >= 15 is 4.39 Å². The number of aromatic amines is 1. The molecule has 0 bridgehead atoms. The number of amides is 3. The molecular weight excluding hydrogens is 586 g/mol. The molecule has 13 heteroatoms. The number of para-hydroxylation sites is 1. The number of anilines is 2. The highest BCUT2D eigenvalue weighted by molar-refractivity contribution is 6.24. The predicted octanol–water partition coefficient (Wildman–Crippen LogP) is 5.15. The number of hydrogen-bond donors (Lipinski definition) is 3. The molecule has 0 radical (unpaired) electrons. The Morgan fingerprint density at radius 2 is 1.80 bits per heavy atom. The molecule has 3 aromatic carbocycles. The van der Waals surface area contributed by atoms with Crippen molar-refractivity contribution in [3.05, 3.63) is 95.3 Å². The predicted molar refractivity (Wildman–Crippen MR) is 160 cm³/mol. The fourth-order valence-corrected chi connectivity index (χ4v) is 5.79. The zero-order valence-corrected chi connectivity index (χ0v) is 23.9. The van der Waals surface area contributed by atoms with E-state index in [4.69, 9.17) is 15.2 Å². The third-order valence-corrected chi connectivity index (χ3v) is 8.19. The summed E-state index contributed by atoms with van der Waals surface area (Å²) in [6.07, 6.45) is 1.91. The summed E-state index contributed by atoms with van der Waals surface area (Å²) in [4.78, 5) is 43.4. The molecule has 228 valence electrons. The van der Waals surface area contributed by atoms with Gasteiger partial charge in [-0.3, -0.25) is 9.59 Å². The number of aryl methyl sites for hydroxylation is 1. The van der Waals surface area contributed by atoms with Gasteiger partial charge < -0.3 is 25.5 Å². The van der Waals surface area contributed by atoms with Gasteiger partial charge in [0, 0.05) is 37.0 Å². The van der Waals surface area contributed by atoms with Crippen LogP contribution in [0.2, 0.25) is 0 Å². The maximum atomic E-state index is 15.3. The lowest BCUT2D eigenvalue weighted by atomic mass is 9.90. The first kappa shape index (κ1) is 28.2. The van der Waals surface area contributed by atoms with Crippen LogP contribution in [0, 0.1) is 18.6 Å². The van der Waals surface area contributed by atoms with Crippen molar-refractivity contribution in [2.75, 3.05) is 23.8 Å². The number of imide groups is 1. The highest BCUT2D eigenvalue weighted by Gasteiger charge is 2.53. The Labute approximate surface area is 254 Å². The number of carbonyl (C=O) groups is 3. The SMILES string of the molecule is Cc1cc(Oc2ccccc2F)ccc1-n1ncc(C(=O)c2cc3cc(F)c(N4C(=O)NC5(CCOCC5)C4=O)cc3[nH]2)c1N. The molecule has 0 saturated carbocycles. The third kappa shape index (κ3) is 4.68. The van der Waals surface area contributed by atoms with E-state index in [9.17, 15) is 18.8 Å².